The van der Waals surface area contributed by atoms with E-state index in [1.807, 2.05) is 0 Å². The van der Waals surface area contributed by atoms with Crippen LogP contribution in [-0.4, -0.2) is 23.1 Å². The molecule has 0 saturated heterocycles. The van der Waals surface area contributed by atoms with E-state index >= 15 is 0 Å². The second-order valence-electron chi connectivity index (χ2n) is 5.07. The largest absolute Gasteiger partial charge is 0.573 e. The van der Waals surface area contributed by atoms with Crippen molar-refractivity contribution in [3.8, 4) is 5.75 Å². The highest BCUT2D eigenvalue weighted by molar-refractivity contribution is 9.10. The molecule has 0 N–H and O–H groups in total. The van der Waals surface area contributed by atoms with Gasteiger partial charge in [-0.1, -0.05) is 12.1 Å². The Morgan fingerprint density at radius 3 is 2.08 bits per heavy atom. The van der Waals surface area contributed by atoms with Gasteiger partial charge in [-0.2, -0.15) is 0 Å². The second-order valence-corrected chi connectivity index (χ2v) is 5.92. The minimum absolute atomic E-state index is 0.0403. The van der Waals surface area contributed by atoms with Gasteiger partial charge in [0.1, 0.15) is 5.69 Å². The number of halogens is 4. The minimum atomic E-state index is -5.08. The van der Waals surface area contributed by atoms with Crippen LogP contribution in [0.1, 0.15) is 20.7 Å². The molecule has 0 spiro atoms. The molecule has 134 valence electrons. The third-order valence-corrected chi connectivity index (χ3v) is 4.11. The van der Waals surface area contributed by atoms with Crippen molar-refractivity contribution in [1.82, 2.24) is 0 Å². The number of rotatable bonds is 3. The molecule has 0 fully saturated rings. The number of alkyl halides is 3. The molecule has 1 aliphatic heterocycles. The number of hydrogen-bond acceptors (Lipinski definition) is 5. The average molecular weight is 431 g/mol. The predicted octanol–water partition coefficient (Wildman–Crippen LogP) is 4.06. The Balaban J connectivity index is 2.14. The zero-order chi connectivity index (χ0) is 19.2. The fourth-order valence-electron chi connectivity index (χ4n) is 2.47. The van der Waals surface area contributed by atoms with Gasteiger partial charge in [-0.3, -0.25) is 19.7 Å². The molecule has 0 radical (unpaired) electrons. The number of carbonyl (C=O) groups is 2. The van der Waals surface area contributed by atoms with Crippen LogP contribution in [0.2, 0.25) is 0 Å². The monoisotopic (exact) mass is 430 g/mol. The van der Waals surface area contributed by atoms with Crippen LogP contribution in [0.15, 0.2) is 40.9 Å². The lowest BCUT2D eigenvalue weighted by Gasteiger charge is -2.17. The molecule has 0 aromatic heterocycles. The van der Waals surface area contributed by atoms with Gasteiger partial charge in [0.15, 0.2) is 5.75 Å². The van der Waals surface area contributed by atoms with Crippen LogP contribution in [0, 0.1) is 10.1 Å². The first-order valence-electron chi connectivity index (χ1n) is 6.81. The summed E-state index contributed by atoms with van der Waals surface area (Å²) in [6.45, 7) is 0. The molecule has 7 nitrogen and oxygen atoms in total. The van der Waals surface area contributed by atoms with Gasteiger partial charge in [-0.15, -0.1) is 13.2 Å². The summed E-state index contributed by atoms with van der Waals surface area (Å²) < 4.78 is 40.7. The Kier molecular flexibility index (Phi) is 4.18. The standard InChI is InChI=1S/C15H6BrF3N2O5/c16-9-5-10(11(21(24)25)6-12(9)26-15(17,18)19)20-13(22)7-3-1-2-4-8(7)14(20)23/h1-6H. The van der Waals surface area contributed by atoms with Crippen molar-refractivity contribution >= 4 is 39.1 Å². The zero-order valence-electron chi connectivity index (χ0n) is 12.4. The van der Waals surface area contributed by atoms with Gasteiger partial charge in [-0.25, -0.2) is 4.90 Å². The normalized spacial score (nSPS) is 13.8. The lowest BCUT2D eigenvalue weighted by Crippen LogP contribution is -2.30. The summed E-state index contributed by atoms with van der Waals surface area (Å²) in [7, 11) is 0. The topological polar surface area (TPSA) is 89.8 Å². The second kappa shape index (κ2) is 6.09. The lowest BCUT2D eigenvalue weighted by atomic mass is 10.1. The van der Waals surface area contributed by atoms with Gasteiger partial charge in [0.05, 0.1) is 26.6 Å². The maximum absolute atomic E-state index is 12.5. The number of nitrogens with zero attached hydrogens (tertiary/aromatic N) is 2. The summed E-state index contributed by atoms with van der Waals surface area (Å²) in [5.74, 6) is -2.50. The van der Waals surface area contributed by atoms with Crippen molar-refractivity contribution in [3.63, 3.8) is 0 Å². The molecule has 2 amide bonds. The molecule has 0 saturated carbocycles. The van der Waals surface area contributed by atoms with Crippen molar-refractivity contribution in [3.05, 3.63) is 62.1 Å². The number of amides is 2. The summed E-state index contributed by atoms with van der Waals surface area (Å²) in [4.78, 5) is 35.8. The van der Waals surface area contributed by atoms with Gasteiger partial charge in [0, 0.05) is 0 Å². The number of imide groups is 1. The van der Waals surface area contributed by atoms with E-state index < -0.39 is 40.2 Å². The van der Waals surface area contributed by atoms with Crippen molar-refractivity contribution in [2.24, 2.45) is 0 Å². The van der Waals surface area contributed by atoms with Crippen molar-refractivity contribution in [2.75, 3.05) is 4.90 Å². The summed E-state index contributed by atoms with van der Waals surface area (Å²) in [5.41, 5.74) is -1.28. The summed E-state index contributed by atoms with van der Waals surface area (Å²) in [5, 5.41) is 11.3. The van der Waals surface area contributed by atoms with Crippen LogP contribution in [0.4, 0.5) is 24.5 Å². The maximum Gasteiger partial charge on any atom is 0.573 e. The third-order valence-electron chi connectivity index (χ3n) is 3.49. The number of nitro groups is 1. The SMILES string of the molecule is O=C1c2ccccc2C(=O)N1c1cc(Br)c(OC(F)(F)F)cc1[N+](=O)[O-]. The lowest BCUT2D eigenvalue weighted by molar-refractivity contribution is -0.384. The van der Waals surface area contributed by atoms with Gasteiger partial charge in [0.25, 0.3) is 17.5 Å². The van der Waals surface area contributed by atoms with Gasteiger partial charge in [0.2, 0.25) is 0 Å². The number of nitro benzene ring substituents is 1. The first kappa shape index (κ1) is 17.9. The molecular formula is C15H6BrF3N2O5. The van der Waals surface area contributed by atoms with E-state index in [0.29, 0.717) is 11.0 Å². The quantitative estimate of drug-likeness (QED) is 0.416. The van der Waals surface area contributed by atoms with E-state index in [1.165, 1.54) is 24.3 Å². The molecule has 1 heterocycles. The van der Waals surface area contributed by atoms with Crippen LogP contribution in [0.3, 0.4) is 0 Å². The number of carbonyl (C=O) groups excluding carboxylic acids is 2. The van der Waals surface area contributed by atoms with E-state index in [2.05, 4.69) is 20.7 Å². The number of benzene rings is 2. The molecule has 0 unspecified atom stereocenters. The highest BCUT2D eigenvalue weighted by atomic mass is 79.9. The fourth-order valence-corrected chi connectivity index (χ4v) is 2.88. The van der Waals surface area contributed by atoms with E-state index in [4.69, 9.17) is 0 Å². The Bertz CT molecular complexity index is 926. The average Bonchev–Trinajstić information content (AvgIpc) is 2.79. The molecule has 26 heavy (non-hydrogen) atoms. The third kappa shape index (κ3) is 3.01. The summed E-state index contributed by atoms with van der Waals surface area (Å²) in [6.07, 6.45) is -5.08. The van der Waals surface area contributed by atoms with Crippen molar-refractivity contribution < 1.29 is 32.4 Å². The van der Waals surface area contributed by atoms with Crippen molar-refractivity contribution in [1.29, 1.82) is 0 Å². The van der Waals surface area contributed by atoms with Gasteiger partial charge < -0.3 is 4.74 Å². The van der Waals surface area contributed by atoms with Crippen LogP contribution in [0.25, 0.3) is 0 Å². The highest BCUT2D eigenvalue weighted by Crippen LogP contribution is 2.42. The molecule has 2 aromatic rings. The molecule has 11 heteroatoms. The number of anilines is 1. The van der Waals surface area contributed by atoms with E-state index in [1.54, 1.807) is 0 Å². The maximum atomic E-state index is 12.5. The van der Waals surface area contributed by atoms with Gasteiger partial charge >= 0.3 is 6.36 Å². The molecule has 0 aliphatic carbocycles. The Hall–Kier alpha value is -2.95. The van der Waals surface area contributed by atoms with Gasteiger partial charge in [-0.05, 0) is 34.1 Å². The number of ether oxygens (including phenoxy) is 1. The summed E-state index contributed by atoms with van der Waals surface area (Å²) >= 11 is 2.81. The molecule has 1 aliphatic rings. The predicted molar refractivity (Wildman–Crippen MR) is 85.1 cm³/mol. The Morgan fingerprint density at radius 2 is 1.62 bits per heavy atom. The minimum Gasteiger partial charge on any atom is -0.404 e. The Labute approximate surface area is 151 Å². The summed E-state index contributed by atoms with van der Waals surface area (Å²) in [6, 6.07) is 7.13. The number of fused-ring (bicyclic) bond motifs is 1. The first-order chi connectivity index (χ1) is 12.1. The smallest absolute Gasteiger partial charge is 0.404 e. The fraction of sp³-hybridized carbons (Fsp3) is 0.0667. The van der Waals surface area contributed by atoms with Crippen molar-refractivity contribution in [2.45, 2.75) is 6.36 Å². The van der Waals surface area contributed by atoms with Crippen LogP contribution >= 0.6 is 15.9 Å². The van der Waals surface area contributed by atoms with E-state index in [-0.39, 0.29) is 15.6 Å². The molecule has 2 aromatic carbocycles. The van der Waals surface area contributed by atoms with E-state index in [0.717, 1.165) is 6.07 Å². The van der Waals surface area contributed by atoms with E-state index in [9.17, 15) is 32.9 Å². The number of hydrogen-bond donors (Lipinski definition) is 0. The molecule has 3 rings (SSSR count). The highest BCUT2D eigenvalue weighted by Gasteiger charge is 2.41. The van der Waals surface area contributed by atoms with Crippen LogP contribution in [0.5, 0.6) is 5.75 Å². The van der Waals surface area contributed by atoms with Crippen LogP contribution < -0.4 is 9.64 Å². The molecule has 0 bridgehead atoms. The first-order valence-corrected chi connectivity index (χ1v) is 7.61. The van der Waals surface area contributed by atoms with Crippen LogP contribution in [-0.2, 0) is 0 Å². The molecule has 0 atom stereocenters. The molecular weight excluding hydrogens is 425 g/mol. The zero-order valence-corrected chi connectivity index (χ0v) is 14.0. The Morgan fingerprint density at radius 1 is 1.08 bits per heavy atom.